The van der Waals surface area contributed by atoms with Crippen LogP contribution in [-0.4, -0.2) is 52.8 Å². The fraction of sp³-hybridized carbons (Fsp3) is 0.414. The molecule has 2 aliphatic carbocycles. The summed E-state index contributed by atoms with van der Waals surface area (Å²) >= 11 is 0. The molecule has 1 heterocycles. The van der Waals surface area contributed by atoms with Crippen molar-refractivity contribution in [1.82, 2.24) is 9.03 Å². The number of benzene rings is 2. The lowest BCUT2D eigenvalue weighted by Crippen LogP contribution is -2.43. The number of esters is 1. The van der Waals surface area contributed by atoms with E-state index in [9.17, 15) is 30.4 Å². The highest BCUT2D eigenvalue weighted by Gasteiger charge is 2.54. The molecule has 2 aromatic rings. The molecule has 12 heteroatoms. The van der Waals surface area contributed by atoms with Crippen LogP contribution in [0.2, 0.25) is 0 Å². The molecule has 220 valence electrons. The van der Waals surface area contributed by atoms with Crippen molar-refractivity contribution in [2.45, 2.75) is 41.6 Å². The lowest BCUT2D eigenvalue weighted by atomic mass is 9.79. The zero-order valence-electron chi connectivity index (χ0n) is 22.3. The van der Waals surface area contributed by atoms with Gasteiger partial charge in [0.2, 0.25) is 20.0 Å². The number of allylic oxidation sites excluding steroid dienone is 1. The van der Waals surface area contributed by atoms with Crippen LogP contribution in [0.1, 0.15) is 25.7 Å². The molecule has 0 amide bonds. The number of ether oxygens (including phenoxy) is 1. The zero-order valence-corrected chi connectivity index (χ0v) is 24.0. The van der Waals surface area contributed by atoms with Crippen LogP contribution in [0.25, 0.3) is 0 Å². The van der Waals surface area contributed by atoms with E-state index in [1.807, 2.05) is 0 Å². The van der Waals surface area contributed by atoms with E-state index in [2.05, 4.69) is 17.9 Å². The normalized spacial score (nSPS) is 26.5. The summed E-state index contributed by atoms with van der Waals surface area (Å²) in [6.07, 6.45) is 2.57. The Morgan fingerprint density at radius 3 is 2.10 bits per heavy atom. The Bertz CT molecular complexity index is 1560. The second kappa shape index (κ2) is 11.4. The third-order valence-electron chi connectivity index (χ3n) is 8.48. The number of carbonyl (C=O) groups is 1. The molecule has 5 atom stereocenters. The molecular formula is C29H32F2N2O6S2. The van der Waals surface area contributed by atoms with Crippen LogP contribution in [0, 0.1) is 35.3 Å². The highest BCUT2D eigenvalue weighted by atomic mass is 32.2. The maximum Gasteiger partial charge on any atom is 0.311 e. The Kier molecular flexibility index (Phi) is 8.21. The van der Waals surface area contributed by atoms with Crippen LogP contribution < -0.4 is 4.72 Å². The minimum atomic E-state index is -4.26. The van der Waals surface area contributed by atoms with Crippen molar-refractivity contribution in [3.63, 3.8) is 0 Å². The summed E-state index contributed by atoms with van der Waals surface area (Å²) in [5, 5.41) is 0. The highest BCUT2D eigenvalue weighted by molar-refractivity contribution is 7.89. The second-order valence-corrected chi connectivity index (χ2v) is 14.6. The van der Waals surface area contributed by atoms with Gasteiger partial charge in [0.25, 0.3) is 0 Å². The molecule has 2 saturated carbocycles. The van der Waals surface area contributed by atoms with Crippen LogP contribution in [-0.2, 0) is 29.6 Å². The topological polar surface area (TPSA) is 110 Å². The van der Waals surface area contributed by atoms with Crippen LogP contribution in [0.15, 0.2) is 82.6 Å². The third kappa shape index (κ3) is 5.88. The number of hydrogen-bond acceptors (Lipinski definition) is 6. The number of nitrogens with zero attached hydrogens (tertiary/aromatic N) is 1. The van der Waals surface area contributed by atoms with E-state index in [4.69, 9.17) is 4.74 Å². The lowest BCUT2D eigenvalue weighted by Gasteiger charge is -2.29. The molecule has 8 nitrogen and oxygen atoms in total. The van der Waals surface area contributed by atoms with Crippen molar-refractivity contribution in [1.29, 1.82) is 0 Å². The fourth-order valence-corrected chi connectivity index (χ4v) is 8.83. The molecule has 0 radical (unpaired) electrons. The summed E-state index contributed by atoms with van der Waals surface area (Å²) < 4.78 is 89.1. The van der Waals surface area contributed by atoms with E-state index < -0.39 is 49.7 Å². The summed E-state index contributed by atoms with van der Waals surface area (Å²) in [5.74, 6) is -2.67. The standard InChI is InChI=1S/C29H32F2N2O6S2/c1-18-3-14-25-26(29(34)39-28(25)27-19(2)4-13-24(18)27)17-33(41(37,38)23-11-7-21(31)8-12-23)16-15-32-40(35,36)22-9-5-20(30)6-10-22/h5-12,24-28,32H,1-4,13-17H2/t24-,25-,26?,27-,28-/m0/s1. The third-order valence-corrected chi connectivity index (χ3v) is 11.8. The Labute approximate surface area is 239 Å². The van der Waals surface area contributed by atoms with Gasteiger partial charge >= 0.3 is 5.97 Å². The second-order valence-electron chi connectivity index (χ2n) is 10.9. The summed E-state index contributed by atoms with van der Waals surface area (Å²) in [5.41, 5.74) is 2.09. The molecule has 1 aliphatic heterocycles. The first-order chi connectivity index (χ1) is 19.4. The minimum absolute atomic E-state index is 0.0615. The summed E-state index contributed by atoms with van der Waals surface area (Å²) in [6.45, 7) is 7.59. The number of rotatable bonds is 9. The summed E-state index contributed by atoms with van der Waals surface area (Å²) in [7, 11) is -8.33. The van der Waals surface area contributed by atoms with Crippen LogP contribution in [0.3, 0.4) is 0 Å². The predicted octanol–water partition coefficient (Wildman–Crippen LogP) is 4.02. The molecular weight excluding hydrogens is 574 g/mol. The molecule has 0 aromatic heterocycles. The number of halogens is 2. The van der Waals surface area contributed by atoms with Gasteiger partial charge in [-0.2, -0.15) is 4.31 Å². The quantitative estimate of drug-likeness (QED) is 0.341. The Morgan fingerprint density at radius 1 is 0.878 bits per heavy atom. The van der Waals surface area contributed by atoms with Crippen molar-refractivity contribution in [2.75, 3.05) is 19.6 Å². The van der Waals surface area contributed by atoms with Gasteiger partial charge in [0.15, 0.2) is 0 Å². The smallest absolute Gasteiger partial charge is 0.311 e. The van der Waals surface area contributed by atoms with E-state index in [1.54, 1.807) is 0 Å². The van der Waals surface area contributed by atoms with Gasteiger partial charge in [0.05, 0.1) is 15.7 Å². The van der Waals surface area contributed by atoms with Gasteiger partial charge in [-0.05, 0) is 80.1 Å². The molecule has 2 aromatic carbocycles. The zero-order chi connectivity index (χ0) is 29.5. The van der Waals surface area contributed by atoms with Gasteiger partial charge in [-0.25, -0.2) is 30.3 Å². The number of nitrogens with one attached hydrogen (secondary N) is 1. The van der Waals surface area contributed by atoms with Gasteiger partial charge in [-0.3, -0.25) is 4.79 Å². The molecule has 3 fully saturated rings. The summed E-state index contributed by atoms with van der Waals surface area (Å²) in [6, 6.07) is 8.50. The predicted molar refractivity (Wildman–Crippen MR) is 147 cm³/mol. The molecule has 1 N–H and O–H groups in total. The van der Waals surface area contributed by atoms with E-state index in [0.717, 1.165) is 76.8 Å². The van der Waals surface area contributed by atoms with Crippen molar-refractivity contribution in [3.05, 3.63) is 84.5 Å². The largest absolute Gasteiger partial charge is 0.461 e. The molecule has 3 aliphatic rings. The SMILES string of the molecule is C=C1CC[C@H]2C(=C)CC[C@H]3C(CN(CCNS(=O)(=O)c4ccc(F)cc4)S(=O)(=O)c4ccc(F)cc4)C(=O)O[C@@H]3[C@@H]12. The first-order valence-electron chi connectivity index (χ1n) is 13.5. The average Bonchev–Trinajstić information content (AvgIpc) is 3.41. The molecule has 0 bridgehead atoms. The fourth-order valence-electron chi connectivity index (χ4n) is 6.34. The van der Waals surface area contributed by atoms with Gasteiger partial charge < -0.3 is 4.74 Å². The van der Waals surface area contributed by atoms with Crippen molar-refractivity contribution < 1.29 is 35.1 Å². The van der Waals surface area contributed by atoms with Gasteiger partial charge in [-0.1, -0.05) is 24.3 Å². The highest BCUT2D eigenvalue weighted by Crippen LogP contribution is 2.52. The van der Waals surface area contributed by atoms with Crippen LogP contribution >= 0.6 is 0 Å². The van der Waals surface area contributed by atoms with E-state index in [0.29, 0.717) is 12.8 Å². The first kappa shape index (κ1) is 29.6. The van der Waals surface area contributed by atoms with Gasteiger partial charge in [-0.15, -0.1) is 0 Å². The summed E-state index contributed by atoms with van der Waals surface area (Å²) in [4.78, 5) is 12.9. The average molecular weight is 607 g/mol. The Balaban J connectivity index is 1.40. The van der Waals surface area contributed by atoms with E-state index >= 15 is 0 Å². The number of hydrogen-bond donors (Lipinski definition) is 1. The van der Waals surface area contributed by atoms with Crippen molar-refractivity contribution in [3.8, 4) is 0 Å². The van der Waals surface area contributed by atoms with Crippen LogP contribution in [0.4, 0.5) is 8.78 Å². The van der Waals surface area contributed by atoms with Crippen molar-refractivity contribution >= 4 is 26.0 Å². The number of fused-ring (bicyclic) bond motifs is 3. The molecule has 41 heavy (non-hydrogen) atoms. The molecule has 1 unspecified atom stereocenters. The van der Waals surface area contributed by atoms with Gasteiger partial charge in [0.1, 0.15) is 17.7 Å². The first-order valence-corrected chi connectivity index (χ1v) is 16.4. The Hall–Kier alpha value is -2.93. The number of sulfonamides is 2. The Morgan fingerprint density at radius 2 is 1.46 bits per heavy atom. The minimum Gasteiger partial charge on any atom is -0.461 e. The van der Waals surface area contributed by atoms with E-state index in [1.165, 1.54) is 0 Å². The van der Waals surface area contributed by atoms with Crippen molar-refractivity contribution in [2.24, 2.45) is 23.7 Å². The van der Waals surface area contributed by atoms with E-state index in [-0.39, 0.29) is 47.2 Å². The monoisotopic (exact) mass is 606 g/mol. The lowest BCUT2D eigenvalue weighted by molar-refractivity contribution is -0.145. The van der Waals surface area contributed by atoms with Gasteiger partial charge in [0, 0.05) is 31.5 Å². The molecule has 1 saturated heterocycles. The van der Waals surface area contributed by atoms with Crippen LogP contribution in [0.5, 0.6) is 0 Å². The maximum absolute atomic E-state index is 13.7. The molecule has 5 rings (SSSR count). The molecule has 0 spiro atoms. The maximum atomic E-state index is 13.7. The number of carbonyl (C=O) groups excluding carboxylic acids is 1.